The Balaban J connectivity index is 1.43. The van der Waals surface area contributed by atoms with E-state index in [4.69, 9.17) is 4.98 Å². The number of carbonyl (C=O) groups excluding carboxylic acids is 1. The third kappa shape index (κ3) is 4.09. The van der Waals surface area contributed by atoms with Crippen molar-refractivity contribution in [3.63, 3.8) is 0 Å². The first-order chi connectivity index (χ1) is 13.1. The molecule has 2 atom stereocenters. The first kappa shape index (κ1) is 18.6. The molecule has 1 N–H and O–H groups in total. The van der Waals surface area contributed by atoms with Gasteiger partial charge in [-0.25, -0.2) is 4.98 Å². The first-order valence-electron chi connectivity index (χ1n) is 10.1. The summed E-state index contributed by atoms with van der Waals surface area (Å²) in [6, 6.07) is 2.24. The number of amides is 1. The molecule has 0 spiro atoms. The fourth-order valence-electron chi connectivity index (χ4n) is 3.99. The molecule has 0 aromatic carbocycles. The highest BCUT2D eigenvalue weighted by Crippen LogP contribution is 2.31. The standard InChI is InChI=1S/C20H29N5OS/c1-14(2)18-13-27-19(22-18)15-5-4-9-24(12-15)20(26)17-7-10-25(23-17)16-6-3-8-21-11-16/h7,10,13-16,21H,3-6,8-9,11-12H2,1-2H3. The third-order valence-corrected chi connectivity index (χ3v) is 6.69. The zero-order valence-corrected chi connectivity index (χ0v) is 17.0. The molecule has 2 aromatic rings. The Bertz CT molecular complexity index is 777. The van der Waals surface area contributed by atoms with E-state index in [-0.39, 0.29) is 5.91 Å². The number of thiazole rings is 1. The largest absolute Gasteiger partial charge is 0.337 e. The molecule has 2 fully saturated rings. The van der Waals surface area contributed by atoms with Crippen molar-refractivity contribution in [2.24, 2.45) is 0 Å². The summed E-state index contributed by atoms with van der Waals surface area (Å²) in [4.78, 5) is 19.8. The van der Waals surface area contributed by atoms with Crippen LogP contribution < -0.4 is 5.32 Å². The molecular formula is C20H29N5OS. The van der Waals surface area contributed by atoms with Gasteiger partial charge in [0.1, 0.15) is 5.69 Å². The van der Waals surface area contributed by atoms with Crippen LogP contribution in [0.2, 0.25) is 0 Å². The summed E-state index contributed by atoms with van der Waals surface area (Å²) in [7, 11) is 0. The number of carbonyl (C=O) groups is 1. The zero-order chi connectivity index (χ0) is 18.8. The number of nitrogens with zero attached hydrogens (tertiary/aromatic N) is 4. The summed E-state index contributed by atoms with van der Waals surface area (Å²) in [5, 5.41) is 11.4. The first-order valence-corrected chi connectivity index (χ1v) is 11.0. The predicted octanol–water partition coefficient (Wildman–Crippen LogP) is 3.41. The number of hydrogen-bond acceptors (Lipinski definition) is 5. The zero-order valence-electron chi connectivity index (χ0n) is 16.2. The van der Waals surface area contributed by atoms with E-state index in [1.165, 1.54) is 10.7 Å². The van der Waals surface area contributed by atoms with Gasteiger partial charge >= 0.3 is 0 Å². The number of likely N-dealkylation sites (tertiary alicyclic amines) is 1. The van der Waals surface area contributed by atoms with E-state index in [2.05, 4.69) is 29.6 Å². The molecule has 2 saturated heterocycles. The van der Waals surface area contributed by atoms with E-state index >= 15 is 0 Å². The van der Waals surface area contributed by atoms with E-state index < -0.39 is 0 Å². The minimum Gasteiger partial charge on any atom is -0.337 e. The fourth-order valence-corrected chi connectivity index (χ4v) is 5.10. The van der Waals surface area contributed by atoms with Gasteiger partial charge in [-0.3, -0.25) is 9.48 Å². The second-order valence-electron chi connectivity index (χ2n) is 8.04. The molecule has 4 rings (SSSR count). The van der Waals surface area contributed by atoms with Crippen molar-refractivity contribution < 1.29 is 4.79 Å². The minimum atomic E-state index is 0.0582. The second kappa shape index (κ2) is 8.10. The molecule has 2 unspecified atom stereocenters. The lowest BCUT2D eigenvalue weighted by Crippen LogP contribution is -2.39. The van der Waals surface area contributed by atoms with Crippen LogP contribution in [0.25, 0.3) is 0 Å². The maximum atomic E-state index is 13.0. The lowest BCUT2D eigenvalue weighted by atomic mass is 9.98. The van der Waals surface area contributed by atoms with Crippen molar-refractivity contribution in [3.05, 3.63) is 34.0 Å². The Morgan fingerprint density at radius 3 is 2.96 bits per heavy atom. The summed E-state index contributed by atoms with van der Waals surface area (Å²) < 4.78 is 1.97. The normalized spacial score (nSPS) is 23.7. The molecule has 27 heavy (non-hydrogen) atoms. The molecule has 2 aromatic heterocycles. The van der Waals surface area contributed by atoms with E-state index in [9.17, 15) is 4.79 Å². The quantitative estimate of drug-likeness (QED) is 0.873. The fraction of sp³-hybridized carbons (Fsp3) is 0.650. The van der Waals surface area contributed by atoms with Crippen molar-refractivity contribution in [2.45, 2.75) is 57.4 Å². The van der Waals surface area contributed by atoms with Gasteiger partial charge in [0.2, 0.25) is 0 Å². The molecule has 2 aliphatic heterocycles. The van der Waals surface area contributed by atoms with Crippen LogP contribution in [-0.4, -0.2) is 51.8 Å². The van der Waals surface area contributed by atoms with Crippen LogP contribution in [-0.2, 0) is 0 Å². The van der Waals surface area contributed by atoms with Gasteiger partial charge in [0.05, 0.1) is 16.7 Å². The van der Waals surface area contributed by atoms with Crippen molar-refractivity contribution >= 4 is 17.2 Å². The smallest absolute Gasteiger partial charge is 0.274 e. The van der Waals surface area contributed by atoms with E-state index in [0.717, 1.165) is 51.9 Å². The van der Waals surface area contributed by atoms with Gasteiger partial charge in [0.25, 0.3) is 5.91 Å². The van der Waals surface area contributed by atoms with Gasteiger partial charge in [0, 0.05) is 37.1 Å². The van der Waals surface area contributed by atoms with Crippen LogP contribution in [0.15, 0.2) is 17.6 Å². The highest BCUT2D eigenvalue weighted by molar-refractivity contribution is 7.09. The van der Waals surface area contributed by atoms with Crippen LogP contribution in [0.4, 0.5) is 0 Å². The summed E-state index contributed by atoms with van der Waals surface area (Å²) >= 11 is 1.74. The van der Waals surface area contributed by atoms with Crippen molar-refractivity contribution in [2.75, 3.05) is 26.2 Å². The highest BCUT2D eigenvalue weighted by atomic mass is 32.1. The van der Waals surface area contributed by atoms with E-state index in [1.807, 2.05) is 21.8 Å². The number of rotatable bonds is 4. The summed E-state index contributed by atoms with van der Waals surface area (Å²) in [5.74, 6) is 0.863. The predicted molar refractivity (Wildman–Crippen MR) is 107 cm³/mol. The van der Waals surface area contributed by atoms with Gasteiger partial charge < -0.3 is 10.2 Å². The van der Waals surface area contributed by atoms with Crippen molar-refractivity contribution in [3.8, 4) is 0 Å². The molecule has 0 bridgehead atoms. The van der Waals surface area contributed by atoms with Crippen LogP contribution in [0, 0.1) is 0 Å². The van der Waals surface area contributed by atoms with Crippen LogP contribution in [0.5, 0.6) is 0 Å². The third-order valence-electron chi connectivity index (χ3n) is 5.66. The Kier molecular flexibility index (Phi) is 5.59. The molecule has 4 heterocycles. The molecule has 7 heteroatoms. The lowest BCUT2D eigenvalue weighted by molar-refractivity contribution is 0.0699. The molecule has 0 saturated carbocycles. The molecule has 0 radical (unpaired) electrons. The summed E-state index contributed by atoms with van der Waals surface area (Å²) in [6.45, 7) is 7.93. The molecule has 146 valence electrons. The highest BCUT2D eigenvalue weighted by Gasteiger charge is 2.29. The van der Waals surface area contributed by atoms with Gasteiger partial charge in [0.15, 0.2) is 0 Å². The van der Waals surface area contributed by atoms with E-state index in [1.54, 1.807) is 11.3 Å². The van der Waals surface area contributed by atoms with Gasteiger partial charge in [-0.05, 0) is 44.2 Å². The van der Waals surface area contributed by atoms with Crippen LogP contribution in [0.1, 0.15) is 78.6 Å². The molecule has 6 nitrogen and oxygen atoms in total. The SMILES string of the molecule is CC(C)c1csc(C2CCCN(C(=O)c3ccn(C4CCCNC4)n3)C2)n1. The van der Waals surface area contributed by atoms with Gasteiger partial charge in [-0.15, -0.1) is 11.3 Å². The maximum absolute atomic E-state index is 13.0. The van der Waals surface area contributed by atoms with Crippen molar-refractivity contribution in [1.29, 1.82) is 0 Å². The molecular weight excluding hydrogens is 358 g/mol. The Morgan fingerprint density at radius 2 is 2.22 bits per heavy atom. The number of piperidine rings is 2. The van der Waals surface area contributed by atoms with Crippen LogP contribution in [0.3, 0.4) is 0 Å². The average molecular weight is 388 g/mol. The summed E-state index contributed by atoms with van der Waals surface area (Å²) in [6.07, 6.45) is 6.38. The lowest BCUT2D eigenvalue weighted by Gasteiger charge is -2.31. The topological polar surface area (TPSA) is 63.1 Å². The monoisotopic (exact) mass is 387 g/mol. The van der Waals surface area contributed by atoms with Crippen LogP contribution >= 0.6 is 11.3 Å². The van der Waals surface area contributed by atoms with Gasteiger partial charge in [-0.1, -0.05) is 13.8 Å². The minimum absolute atomic E-state index is 0.0582. The Hall–Kier alpha value is -1.73. The number of nitrogens with one attached hydrogen (secondary N) is 1. The number of hydrogen-bond donors (Lipinski definition) is 1. The van der Waals surface area contributed by atoms with Crippen molar-refractivity contribution in [1.82, 2.24) is 25.0 Å². The maximum Gasteiger partial charge on any atom is 0.274 e. The Labute approximate surface area is 165 Å². The molecule has 2 aliphatic rings. The number of aromatic nitrogens is 3. The average Bonchev–Trinajstić information content (AvgIpc) is 3.38. The Morgan fingerprint density at radius 1 is 1.33 bits per heavy atom. The molecule has 0 aliphatic carbocycles. The van der Waals surface area contributed by atoms with Gasteiger partial charge in [-0.2, -0.15) is 5.10 Å². The molecule has 1 amide bonds. The van der Waals surface area contributed by atoms with E-state index in [0.29, 0.717) is 23.6 Å². The second-order valence-corrected chi connectivity index (χ2v) is 8.93. The summed E-state index contributed by atoms with van der Waals surface area (Å²) in [5.41, 5.74) is 1.74.